The predicted molar refractivity (Wildman–Crippen MR) is 177 cm³/mol. The first-order valence-corrected chi connectivity index (χ1v) is 15.8. The molecule has 5 rings (SSSR count). The lowest BCUT2D eigenvalue weighted by atomic mass is 10.1. The summed E-state index contributed by atoms with van der Waals surface area (Å²) in [6.45, 7) is 4.89. The van der Waals surface area contributed by atoms with Gasteiger partial charge in [0.15, 0.2) is 0 Å². The average molecular weight is 605 g/mol. The minimum Gasteiger partial charge on any atom is -0.494 e. The lowest BCUT2D eigenvalue weighted by Crippen LogP contribution is -2.08. The highest BCUT2D eigenvalue weighted by Crippen LogP contribution is 2.24. The Kier molecular flexibility index (Phi) is 11.0. The summed E-state index contributed by atoms with van der Waals surface area (Å²) in [6.07, 6.45) is 11.9. The molecule has 1 aromatic heterocycles. The Balaban J connectivity index is 1.11. The second-order valence-electron chi connectivity index (χ2n) is 11.3. The van der Waals surface area contributed by atoms with E-state index in [-0.39, 0.29) is 0 Å². The van der Waals surface area contributed by atoms with E-state index >= 15 is 0 Å². The number of hydrogen-bond donors (Lipinski definition) is 0. The van der Waals surface area contributed by atoms with Crippen molar-refractivity contribution in [2.75, 3.05) is 6.61 Å². The van der Waals surface area contributed by atoms with E-state index in [1.165, 1.54) is 44.9 Å². The zero-order valence-corrected chi connectivity index (χ0v) is 26.0. The number of nitrogens with zero attached hydrogens (tertiary/aromatic N) is 2. The molecule has 7 heteroatoms. The van der Waals surface area contributed by atoms with Crippen LogP contribution < -0.4 is 14.2 Å². The van der Waals surface area contributed by atoms with Crippen molar-refractivity contribution < 1.29 is 23.8 Å². The number of esters is 2. The molecule has 0 saturated heterocycles. The van der Waals surface area contributed by atoms with Gasteiger partial charge in [0.1, 0.15) is 17.2 Å². The summed E-state index contributed by atoms with van der Waals surface area (Å²) in [5.74, 6) is 0.778. The van der Waals surface area contributed by atoms with Gasteiger partial charge in [-0.05, 0) is 92.2 Å². The topological polar surface area (TPSA) is 79.7 Å². The molecule has 232 valence electrons. The van der Waals surface area contributed by atoms with Crippen molar-refractivity contribution in [3.63, 3.8) is 0 Å². The van der Waals surface area contributed by atoms with E-state index in [2.05, 4.69) is 12.0 Å². The van der Waals surface area contributed by atoms with Gasteiger partial charge >= 0.3 is 11.9 Å². The number of fused-ring (bicyclic) bond motifs is 1. The summed E-state index contributed by atoms with van der Waals surface area (Å²) in [5, 5.41) is 5.45. The Labute approximate surface area is 264 Å². The number of aromatic nitrogens is 2. The van der Waals surface area contributed by atoms with E-state index in [9.17, 15) is 9.59 Å². The van der Waals surface area contributed by atoms with Crippen LogP contribution in [0.15, 0.2) is 97.2 Å². The van der Waals surface area contributed by atoms with Crippen LogP contribution in [0.4, 0.5) is 0 Å². The van der Waals surface area contributed by atoms with Crippen molar-refractivity contribution in [2.24, 2.45) is 0 Å². The third-order valence-electron chi connectivity index (χ3n) is 7.64. The number of carbonyl (C=O) groups excluding carboxylic acids is 2. The Hall–Kier alpha value is -4.91. The molecule has 0 fully saturated rings. The zero-order chi connectivity index (χ0) is 31.4. The van der Waals surface area contributed by atoms with E-state index < -0.39 is 11.9 Å². The van der Waals surface area contributed by atoms with Crippen LogP contribution in [0.2, 0.25) is 0 Å². The minimum atomic E-state index is -0.438. The van der Waals surface area contributed by atoms with Gasteiger partial charge in [0.25, 0.3) is 0 Å². The highest BCUT2D eigenvalue weighted by atomic mass is 16.5. The van der Waals surface area contributed by atoms with Crippen LogP contribution in [0, 0.1) is 6.92 Å². The molecule has 0 aliphatic rings. The fraction of sp³-hybridized carbons (Fsp3) is 0.289. The van der Waals surface area contributed by atoms with Gasteiger partial charge < -0.3 is 14.2 Å². The van der Waals surface area contributed by atoms with Crippen molar-refractivity contribution >= 4 is 22.8 Å². The first kappa shape index (κ1) is 31.5. The Morgan fingerprint density at radius 1 is 0.644 bits per heavy atom. The van der Waals surface area contributed by atoms with Gasteiger partial charge in [0.2, 0.25) is 0 Å². The van der Waals surface area contributed by atoms with Gasteiger partial charge in [-0.3, -0.25) is 0 Å². The molecule has 0 bridgehead atoms. The number of hydrogen-bond acceptors (Lipinski definition) is 6. The predicted octanol–water partition coefficient (Wildman–Crippen LogP) is 9.29. The van der Waals surface area contributed by atoms with E-state index in [4.69, 9.17) is 14.2 Å². The van der Waals surface area contributed by atoms with Crippen LogP contribution in [0.25, 0.3) is 16.6 Å². The van der Waals surface area contributed by atoms with E-state index in [0.29, 0.717) is 29.2 Å². The molecule has 5 aromatic rings. The second-order valence-corrected chi connectivity index (χ2v) is 11.3. The van der Waals surface area contributed by atoms with Gasteiger partial charge in [0.05, 0.1) is 28.9 Å². The molecular weight excluding hydrogens is 564 g/mol. The van der Waals surface area contributed by atoms with Gasteiger partial charge in [-0.15, -0.1) is 0 Å². The van der Waals surface area contributed by atoms with Crippen molar-refractivity contribution in [3.8, 4) is 22.9 Å². The summed E-state index contributed by atoms with van der Waals surface area (Å²) in [4.78, 5) is 25.2. The molecule has 45 heavy (non-hydrogen) atoms. The smallest absolute Gasteiger partial charge is 0.343 e. The normalized spacial score (nSPS) is 11.0. The molecular formula is C38H40N2O5. The molecule has 0 N–H and O–H groups in total. The van der Waals surface area contributed by atoms with E-state index in [1.54, 1.807) is 53.2 Å². The molecule has 0 atom stereocenters. The fourth-order valence-electron chi connectivity index (χ4n) is 5.00. The van der Waals surface area contributed by atoms with Crippen molar-refractivity contribution in [2.45, 2.75) is 65.2 Å². The van der Waals surface area contributed by atoms with E-state index in [0.717, 1.165) is 34.3 Å². The summed E-state index contributed by atoms with van der Waals surface area (Å²) in [7, 11) is 0. The third-order valence-corrected chi connectivity index (χ3v) is 7.64. The molecule has 0 spiro atoms. The number of rotatable bonds is 15. The Bertz CT molecular complexity index is 1690. The second kappa shape index (κ2) is 15.7. The number of ether oxygens (including phenoxy) is 3. The number of benzene rings is 4. The standard InChI is InChI=1S/C38H40N2O5/c1-3-4-5-6-7-8-9-10-25-43-33-19-15-30(16-20-33)38(42)45-35-23-24-36-31(26-35)27-40(39-36)32-17-21-34(22-18-32)44-37(41)29-13-11-28(2)12-14-29/h11-24,26-27H,3-10,25H2,1-2H3. The van der Waals surface area contributed by atoms with Crippen LogP contribution in [0.1, 0.15) is 84.6 Å². The fourth-order valence-corrected chi connectivity index (χ4v) is 5.00. The zero-order valence-electron chi connectivity index (χ0n) is 26.0. The van der Waals surface area contributed by atoms with Crippen molar-refractivity contribution in [3.05, 3.63) is 114 Å². The average Bonchev–Trinajstić information content (AvgIpc) is 3.48. The number of carbonyl (C=O) groups is 2. The molecule has 4 aromatic carbocycles. The largest absolute Gasteiger partial charge is 0.494 e. The molecule has 0 unspecified atom stereocenters. The van der Waals surface area contributed by atoms with Crippen molar-refractivity contribution in [1.29, 1.82) is 0 Å². The van der Waals surface area contributed by atoms with E-state index in [1.807, 2.05) is 55.6 Å². The highest BCUT2D eigenvalue weighted by Gasteiger charge is 2.12. The van der Waals surface area contributed by atoms with Gasteiger partial charge in [-0.1, -0.05) is 69.6 Å². The van der Waals surface area contributed by atoms with Gasteiger partial charge in [-0.2, -0.15) is 5.10 Å². The molecule has 0 aliphatic heterocycles. The van der Waals surface area contributed by atoms with Gasteiger partial charge in [0, 0.05) is 11.6 Å². The lowest BCUT2D eigenvalue weighted by molar-refractivity contribution is 0.0725. The molecule has 0 saturated carbocycles. The monoisotopic (exact) mass is 604 g/mol. The molecule has 1 heterocycles. The van der Waals surface area contributed by atoms with Crippen LogP contribution in [-0.4, -0.2) is 28.3 Å². The van der Waals surface area contributed by atoms with Crippen LogP contribution in [0.5, 0.6) is 17.2 Å². The number of unbranched alkanes of at least 4 members (excludes halogenated alkanes) is 7. The van der Waals surface area contributed by atoms with Crippen LogP contribution in [0.3, 0.4) is 0 Å². The van der Waals surface area contributed by atoms with Crippen LogP contribution in [-0.2, 0) is 0 Å². The molecule has 7 nitrogen and oxygen atoms in total. The van der Waals surface area contributed by atoms with Crippen LogP contribution >= 0.6 is 0 Å². The number of aryl methyl sites for hydroxylation is 1. The maximum Gasteiger partial charge on any atom is 0.343 e. The lowest BCUT2D eigenvalue weighted by Gasteiger charge is -2.08. The maximum atomic E-state index is 12.8. The maximum absolute atomic E-state index is 12.8. The summed E-state index contributed by atoms with van der Waals surface area (Å²) in [5.41, 5.74) is 3.57. The summed E-state index contributed by atoms with van der Waals surface area (Å²) >= 11 is 0. The summed E-state index contributed by atoms with van der Waals surface area (Å²) < 4.78 is 18.7. The SMILES string of the molecule is CCCCCCCCCCOc1ccc(C(=O)Oc2ccc3nn(-c4ccc(OC(=O)c5ccc(C)cc5)cc4)cc3c2)cc1. The first-order chi connectivity index (χ1) is 22.0. The van der Waals surface area contributed by atoms with Crippen molar-refractivity contribution in [1.82, 2.24) is 9.78 Å². The third kappa shape index (κ3) is 9.05. The van der Waals surface area contributed by atoms with Gasteiger partial charge in [-0.25, -0.2) is 14.3 Å². The first-order valence-electron chi connectivity index (χ1n) is 15.8. The quantitative estimate of drug-likeness (QED) is 0.0673. The minimum absolute atomic E-state index is 0.409. The Morgan fingerprint density at radius 2 is 1.20 bits per heavy atom. The Morgan fingerprint density at radius 3 is 1.87 bits per heavy atom. The summed E-state index contributed by atoms with van der Waals surface area (Å²) in [6, 6.07) is 26.8. The highest BCUT2D eigenvalue weighted by molar-refractivity contribution is 5.92. The molecule has 0 radical (unpaired) electrons. The molecule has 0 aliphatic carbocycles. The molecule has 0 amide bonds.